The van der Waals surface area contributed by atoms with Gasteiger partial charge in [-0.1, -0.05) is 50.6 Å². The van der Waals surface area contributed by atoms with Crippen molar-refractivity contribution < 1.29 is 0 Å². The molecule has 2 unspecified atom stereocenters. The third-order valence-electron chi connectivity index (χ3n) is 3.60. The zero-order valence-corrected chi connectivity index (χ0v) is 11.3. The molecular weight excluding hydrogens is 208 g/mol. The molecule has 0 saturated heterocycles. The van der Waals surface area contributed by atoms with Crippen molar-refractivity contribution >= 4 is 0 Å². The maximum atomic E-state index is 5.64. The van der Waals surface area contributed by atoms with E-state index in [9.17, 15) is 0 Å². The number of benzene rings is 1. The molecule has 0 saturated carbocycles. The predicted octanol–water partition coefficient (Wildman–Crippen LogP) is 2.75. The van der Waals surface area contributed by atoms with Gasteiger partial charge in [-0.05, 0) is 24.3 Å². The summed E-state index contributed by atoms with van der Waals surface area (Å²) in [5.74, 6) is 1.27. The summed E-state index contributed by atoms with van der Waals surface area (Å²) in [6, 6.07) is 11.2. The molecule has 0 radical (unpaired) electrons. The third kappa shape index (κ3) is 4.49. The SMILES string of the molecule is CCC(C)C(CN[C@H](C)CN)c1ccccc1. The van der Waals surface area contributed by atoms with Crippen LogP contribution in [0.25, 0.3) is 0 Å². The van der Waals surface area contributed by atoms with Crippen LogP contribution in [0.15, 0.2) is 30.3 Å². The summed E-state index contributed by atoms with van der Waals surface area (Å²) >= 11 is 0. The summed E-state index contributed by atoms with van der Waals surface area (Å²) in [4.78, 5) is 0. The van der Waals surface area contributed by atoms with Crippen LogP contribution in [0.5, 0.6) is 0 Å². The lowest BCUT2D eigenvalue weighted by atomic mass is 9.85. The average Bonchev–Trinajstić information content (AvgIpc) is 2.39. The minimum absolute atomic E-state index is 0.394. The molecule has 0 aromatic heterocycles. The summed E-state index contributed by atoms with van der Waals surface area (Å²) in [5, 5.41) is 3.52. The maximum Gasteiger partial charge on any atom is 0.0162 e. The van der Waals surface area contributed by atoms with Gasteiger partial charge in [0.05, 0.1) is 0 Å². The monoisotopic (exact) mass is 234 g/mol. The number of hydrogen-bond donors (Lipinski definition) is 2. The molecule has 96 valence electrons. The van der Waals surface area contributed by atoms with Crippen molar-refractivity contribution in [3.63, 3.8) is 0 Å². The van der Waals surface area contributed by atoms with E-state index >= 15 is 0 Å². The molecule has 2 heteroatoms. The molecule has 2 nitrogen and oxygen atoms in total. The zero-order chi connectivity index (χ0) is 12.7. The molecule has 1 aromatic carbocycles. The Hall–Kier alpha value is -0.860. The molecule has 0 aliphatic rings. The van der Waals surface area contributed by atoms with E-state index in [2.05, 4.69) is 56.4 Å². The number of nitrogens with one attached hydrogen (secondary N) is 1. The second kappa shape index (κ2) is 7.46. The fourth-order valence-corrected chi connectivity index (χ4v) is 2.04. The molecule has 0 amide bonds. The molecule has 0 bridgehead atoms. The van der Waals surface area contributed by atoms with Gasteiger partial charge < -0.3 is 11.1 Å². The Morgan fingerprint density at radius 3 is 2.35 bits per heavy atom. The van der Waals surface area contributed by atoms with Crippen LogP contribution >= 0.6 is 0 Å². The van der Waals surface area contributed by atoms with E-state index in [0.717, 1.165) is 6.54 Å². The van der Waals surface area contributed by atoms with E-state index in [1.807, 2.05) is 0 Å². The van der Waals surface area contributed by atoms with Crippen molar-refractivity contribution in [1.29, 1.82) is 0 Å². The van der Waals surface area contributed by atoms with Gasteiger partial charge in [-0.3, -0.25) is 0 Å². The molecule has 0 fully saturated rings. The Labute approximate surface area is 106 Å². The van der Waals surface area contributed by atoms with E-state index < -0.39 is 0 Å². The van der Waals surface area contributed by atoms with Gasteiger partial charge in [0.25, 0.3) is 0 Å². The van der Waals surface area contributed by atoms with Crippen molar-refractivity contribution in [1.82, 2.24) is 5.32 Å². The number of nitrogens with two attached hydrogens (primary N) is 1. The highest BCUT2D eigenvalue weighted by atomic mass is 14.9. The summed E-state index contributed by atoms with van der Waals surface area (Å²) < 4.78 is 0. The number of rotatable bonds is 7. The summed E-state index contributed by atoms with van der Waals surface area (Å²) in [5.41, 5.74) is 7.07. The molecule has 3 N–H and O–H groups in total. The fourth-order valence-electron chi connectivity index (χ4n) is 2.04. The molecule has 1 aromatic rings. The molecule has 0 aliphatic heterocycles. The van der Waals surface area contributed by atoms with Crippen LogP contribution in [-0.4, -0.2) is 19.1 Å². The van der Waals surface area contributed by atoms with Crippen molar-refractivity contribution in [3.05, 3.63) is 35.9 Å². The highest BCUT2D eigenvalue weighted by Crippen LogP contribution is 2.26. The third-order valence-corrected chi connectivity index (χ3v) is 3.60. The van der Waals surface area contributed by atoms with Crippen molar-refractivity contribution in [3.8, 4) is 0 Å². The normalized spacial score (nSPS) is 16.5. The standard InChI is InChI=1S/C15H26N2/c1-4-12(2)15(11-17-13(3)10-16)14-8-6-5-7-9-14/h5-9,12-13,15,17H,4,10-11,16H2,1-3H3/t12?,13-,15?/m1/s1. The quantitative estimate of drug-likeness (QED) is 0.761. The van der Waals surface area contributed by atoms with E-state index in [4.69, 9.17) is 5.73 Å². The highest BCUT2D eigenvalue weighted by molar-refractivity contribution is 5.20. The Balaban J connectivity index is 2.68. The van der Waals surface area contributed by atoms with Gasteiger partial charge in [0, 0.05) is 19.1 Å². The van der Waals surface area contributed by atoms with Crippen LogP contribution in [0, 0.1) is 5.92 Å². The van der Waals surface area contributed by atoms with Crippen LogP contribution in [0.2, 0.25) is 0 Å². The number of hydrogen-bond acceptors (Lipinski definition) is 2. The Bertz CT molecular complexity index is 297. The Kier molecular flexibility index (Phi) is 6.23. The van der Waals surface area contributed by atoms with Gasteiger partial charge >= 0.3 is 0 Å². The molecule has 0 spiro atoms. The first-order valence-corrected chi connectivity index (χ1v) is 6.67. The lowest BCUT2D eigenvalue weighted by Crippen LogP contribution is -2.37. The predicted molar refractivity (Wildman–Crippen MR) is 75.2 cm³/mol. The van der Waals surface area contributed by atoms with Crippen molar-refractivity contribution in [2.45, 2.75) is 39.2 Å². The lowest BCUT2D eigenvalue weighted by molar-refractivity contribution is 0.402. The first kappa shape index (κ1) is 14.2. The summed E-state index contributed by atoms with van der Waals surface area (Å²) in [7, 11) is 0. The molecule has 3 atom stereocenters. The second-order valence-electron chi connectivity index (χ2n) is 4.95. The van der Waals surface area contributed by atoms with E-state index in [-0.39, 0.29) is 0 Å². The summed E-state index contributed by atoms with van der Waals surface area (Å²) in [6.07, 6.45) is 1.21. The van der Waals surface area contributed by atoms with Gasteiger partial charge in [-0.15, -0.1) is 0 Å². The average molecular weight is 234 g/mol. The minimum Gasteiger partial charge on any atom is -0.329 e. The van der Waals surface area contributed by atoms with Gasteiger partial charge in [0.15, 0.2) is 0 Å². The molecule has 17 heavy (non-hydrogen) atoms. The van der Waals surface area contributed by atoms with Gasteiger partial charge in [-0.2, -0.15) is 0 Å². The van der Waals surface area contributed by atoms with Crippen molar-refractivity contribution in [2.75, 3.05) is 13.1 Å². The van der Waals surface area contributed by atoms with E-state index in [1.54, 1.807) is 0 Å². The Morgan fingerprint density at radius 2 is 1.82 bits per heavy atom. The zero-order valence-electron chi connectivity index (χ0n) is 11.3. The lowest BCUT2D eigenvalue weighted by Gasteiger charge is -2.25. The van der Waals surface area contributed by atoms with E-state index in [0.29, 0.717) is 24.4 Å². The minimum atomic E-state index is 0.394. The van der Waals surface area contributed by atoms with Gasteiger partial charge in [-0.25, -0.2) is 0 Å². The molecule has 1 rings (SSSR count). The van der Waals surface area contributed by atoms with Gasteiger partial charge in [0.1, 0.15) is 0 Å². The molecule has 0 heterocycles. The first-order chi connectivity index (χ1) is 8.19. The van der Waals surface area contributed by atoms with Crippen LogP contribution in [0.1, 0.15) is 38.7 Å². The first-order valence-electron chi connectivity index (χ1n) is 6.67. The topological polar surface area (TPSA) is 38.0 Å². The van der Waals surface area contributed by atoms with Gasteiger partial charge in [0.2, 0.25) is 0 Å². The Morgan fingerprint density at radius 1 is 1.18 bits per heavy atom. The molecular formula is C15H26N2. The smallest absolute Gasteiger partial charge is 0.0162 e. The van der Waals surface area contributed by atoms with Crippen LogP contribution in [0.3, 0.4) is 0 Å². The van der Waals surface area contributed by atoms with Crippen LogP contribution in [-0.2, 0) is 0 Å². The summed E-state index contributed by atoms with van der Waals surface area (Å²) in [6.45, 7) is 8.43. The second-order valence-corrected chi connectivity index (χ2v) is 4.95. The maximum absolute atomic E-state index is 5.64. The fraction of sp³-hybridized carbons (Fsp3) is 0.600. The highest BCUT2D eigenvalue weighted by Gasteiger charge is 2.18. The van der Waals surface area contributed by atoms with E-state index in [1.165, 1.54) is 12.0 Å². The largest absolute Gasteiger partial charge is 0.329 e. The van der Waals surface area contributed by atoms with Crippen molar-refractivity contribution in [2.24, 2.45) is 11.7 Å². The van der Waals surface area contributed by atoms with Crippen LogP contribution in [0.4, 0.5) is 0 Å². The molecule has 0 aliphatic carbocycles. The van der Waals surface area contributed by atoms with Crippen LogP contribution < -0.4 is 11.1 Å².